The van der Waals surface area contributed by atoms with Crippen molar-refractivity contribution in [3.05, 3.63) is 42.2 Å². The average Bonchev–Trinajstić information content (AvgIpc) is 3.52. The Labute approximate surface area is 207 Å². The van der Waals surface area contributed by atoms with Gasteiger partial charge in [0.1, 0.15) is 11.3 Å². The van der Waals surface area contributed by atoms with Crippen molar-refractivity contribution in [1.82, 2.24) is 29.4 Å². The molecule has 0 spiro atoms. The highest BCUT2D eigenvalue weighted by Crippen LogP contribution is 2.37. The molecule has 0 aromatic carbocycles. The van der Waals surface area contributed by atoms with Crippen LogP contribution in [0.3, 0.4) is 0 Å². The first kappa shape index (κ1) is 22.8. The van der Waals surface area contributed by atoms with E-state index in [1.165, 1.54) is 17.1 Å². The van der Waals surface area contributed by atoms with Gasteiger partial charge in [-0.05, 0) is 38.3 Å². The van der Waals surface area contributed by atoms with Crippen molar-refractivity contribution in [2.75, 3.05) is 44.2 Å². The van der Waals surface area contributed by atoms with E-state index in [0.717, 1.165) is 38.8 Å². The molecule has 188 valence electrons. The Kier molecular flexibility index (Phi) is 5.79. The molecule has 0 saturated carbocycles. The number of carbonyl (C=O) groups excluding carboxylic acids is 2. The maximum atomic E-state index is 15.2. The molecule has 3 aromatic rings. The van der Waals surface area contributed by atoms with Gasteiger partial charge in [-0.25, -0.2) is 13.9 Å². The van der Waals surface area contributed by atoms with Gasteiger partial charge in [-0.3, -0.25) is 19.5 Å². The third kappa shape index (κ3) is 3.87. The number of rotatable bonds is 4. The van der Waals surface area contributed by atoms with Crippen LogP contribution >= 0.6 is 0 Å². The predicted molar refractivity (Wildman–Crippen MR) is 131 cm³/mol. The molecular weight excluding hydrogens is 463 g/mol. The Morgan fingerprint density at radius 3 is 2.69 bits per heavy atom. The number of piperidine rings is 1. The number of nitrogens with two attached hydrogens (primary N) is 1. The standard InChI is InChI=1S/C25H29FN8O2/c26-19-14-28-13-18(21-20(23(27)35)24-29-6-2-8-34(24)30-21)22(19)32-9-4-16(5-10-32)25(36)33-12-11-31-7-1-3-17(31)15-33/h2,6,8,13-14,16-17H,1,3-5,7,9-12,15H2,(H2,27,35). The van der Waals surface area contributed by atoms with E-state index in [-0.39, 0.29) is 23.1 Å². The van der Waals surface area contributed by atoms with E-state index < -0.39 is 11.7 Å². The van der Waals surface area contributed by atoms with Crippen molar-refractivity contribution in [3.63, 3.8) is 0 Å². The molecule has 0 radical (unpaired) electrons. The van der Waals surface area contributed by atoms with E-state index in [4.69, 9.17) is 5.73 Å². The molecule has 6 rings (SSSR count). The van der Waals surface area contributed by atoms with Crippen LogP contribution in [-0.2, 0) is 4.79 Å². The van der Waals surface area contributed by atoms with Gasteiger partial charge in [0.25, 0.3) is 5.91 Å². The SMILES string of the molecule is NC(=O)c1c(-c2cncc(F)c2N2CCC(C(=O)N3CCN4CCCC4C3)CC2)nn2cccnc12. The van der Waals surface area contributed by atoms with Crippen LogP contribution < -0.4 is 10.6 Å². The van der Waals surface area contributed by atoms with E-state index in [1.807, 2.05) is 9.80 Å². The van der Waals surface area contributed by atoms with Gasteiger partial charge in [-0.15, -0.1) is 0 Å². The Morgan fingerprint density at radius 1 is 1.06 bits per heavy atom. The number of fused-ring (bicyclic) bond motifs is 2. The fourth-order valence-electron chi connectivity index (χ4n) is 6.02. The van der Waals surface area contributed by atoms with Crippen molar-refractivity contribution < 1.29 is 14.0 Å². The van der Waals surface area contributed by atoms with Gasteiger partial charge in [0.05, 0.1) is 11.9 Å². The third-order valence-electron chi connectivity index (χ3n) is 7.83. The summed E-state index contributed by atoms with van der Waals surface area (Å²) >= 11 is 0. The monoisotopic (exact) mass is 492 g/mol. The second kappa shape index (κ2) is 9.12. The van der Waals surface area contributed by atoms with Gasteiger partial charge in [0.2, 0.25) is 5.91 Å². The van der Waals surface area contributed by atoms with Crippen LogP contribution in [0.2, 0.25) is 0 Å². The molecule has 3 saturated heterocycles. The second-order valence-electron chi connectivity index (χ2n) is 9.87. The maximum absolute atomic E-state index is 15.2. The van der Waals surface area contributed by atoms with Gasteiger partial charge in [0.15, 0.2) is 11.5 Å². The molecule has 2 amide bonds. The van der Waals surface area contributed by atoms with E-state index in [0.29, 0.717) is 48.9 Å². The Bertz CT molecular complexity index is 1320. The number of amides is 2. The van der Waals surface area contributed by atoms with Crippen LogP contribution in [0.5, 0.6) is 0 Å². The van der Waals surface area contributed by atoms with Crippen molar-refractivity contribution in [2.24, 2.45) is 11.7 Å². The summed E-state index contributed by atoms with van der Waals surface area (Å²) in [5, 5.41) is 4.49. The van der Waals surface area contributed by atoms with Gasteiger partial charge < -0.3 is 15.5 Å². The normalized spacial score (nSPS) is 21.2. The molecule has 0 aliphatic carbocycles. The summed E-state index contributed by atoms with van der Waals surface area (Å²) in [6, 6.07) is 2.18. The smallest absolute Gasteiger partial charge is 0.254 e. The lowest BCUT2D eigenvalue weighted by Crippen LogP contribution is -2.54. The predicted octanol–water partition coefficient (Wildman–Crippen LogP) is 1.55. The lowest BCUT2D eigenvalue weighted by molar-refractivity contribution is -0.138. The molecule has 2 N–H and O–H groups in total. The average molecular weight is 493 g/mol. The van der Waals surface area contributed by atoms with Crippen LogP contribution in [0, 0.1) is 11.7 Å². The largest absolute Gasteiger partial charge is 0.368 e. The molecule has 0 bridgehead atoms. The van der Waals surface area contributed by atoms with Crippen molar-refractivity contribution in [3.8, 4) is 11.3 Å². The Balaban J connectivity index is 1.24. The van der Waals surface area contributed by atoms with E-state index in [1.54, 1.807) is 18.5 Å². The molecule has 6 heterocycles. The summed E-state index contributed by atoms with van der Waals surface area (Å²) in [6.07, 6.45) is 9.53. The van der Waals surface area contributed by atoms with Crippen LogP contribution in [0.25, 0.3) is 16.9 Å². The van der Waals surface area contributed by atoms with Gasteiger partial charge in [-0.2, -0.15) is 5.10 Å². The highest BCUT2D eigenvalue weighted by Gasteiger charge is 2.36. The Morgan fingerprint density at radius 2 is 1.89 bits per heavy atom. The molecule has 3 aromatic heterocycles. The fraction of sp³-hybridized carbons (Fsp3) is 0.480. The fourth-order valence-corrected chi connectivity index (χ4v) is 6.02. The number of hydrogen-bond acceptors (Lipinski definition) is 7. The number of primary amides is 1. The van der Waals surface area contributed by atoms with Crippen molar-refractivity contribution in [2.45, 2.75) is 31.7 Å². The van der Waals surface area contributed by atoms with Gasteiger partial charge in [0, 0.05) is 68.8 Å². The van der Waals surface area contributed by atoms with Gasteiger partial charge >= 0.3 is 0 Å². The number of nitrogens with zero attached hydrogens (tertiary/aromatic N) is 7. The highest BCUT2D eigenvalue weighted by atomic mass is 19.1. The van der Waals surface area contributed by atoms with Crippen molar-refractivity contribution >= 4 is 23.1 Å². The minimum atomic E-state index is -0.694. The summed E-state index contributed by atoms with van der Waals surface area (Å²) in [5.41, 5.74) is 7.06. The summed E-state index contributed by atoms with van der Waals surface area (Å²) in [6.45, 7) is 4.74. The number of aromatic nitrogens is 4. The molecular formula is C25H29FN8O2. The topological polar surface area (TPSA) is 113 Å². The van der Waals surface area contributed by atoms with Gasteiger partial charge in [-0.1, -0.05) is 0 Å². The molecule has 1 unspecified atom stereocenters. The molecule has 3 aliphatic rings. The first-order valence-electron chi connectivity index (χ1n) is 12.6. The molecule has 1 atom stereocenters. The number of hydrogen-bond donors (Lipinski definition) is 1. The lowest BCUT2D eigenvalue weighted by atomic mass is 9.93. The second-order valence-corrected chi connectivity index (χ2v) is 9.87. The quantitative estimate of drug-likeness (QED) is 0.588. The summed E-state index contributed by atoms with van der Waals surface area (Å²) in [7, 11) is 0. The van der Waals surface area contributed by atoms with Crippen LogP contribution in [0.1, 0.15) is 36.0 Å². The van der Waals surface area contributed by atoms with E-state index in [9.17, 15) is 9.59 Å². The first-order valence-corrected chi connectivity index (χ1v) is 12.6. The first-order chi connectivity index (χ1) is 17.5. The minimum Gasteiger partial charge on any atom is -0.368 e. The van der Waals surface area contributed by atoms with E-state index >= 15 is 4.39 Å². The molecule has 36 heavy (non-hydrogen) atoms. The zero-order valence-corrected chi connectivity index (χ0v) is 20.0. The number of pyridine rings is 1. The molecule has 11 heteroatoms. The summed E-state index contributed by atoms with van der Waals surface area (Å²) in [5.74, 6) is -1.04. The third-order valence-corrected chi connectivity index (χ3v) is 7.83. The van der Waals surface area contributed by atoms with Crippen LogP contribution in [0.4, 0.5) is 10.1 Å². The number of carbonyl (C=O) groups is 2. The van der Waals surface area contributed by atoms with Crippen LogP contribution in [0.15, 0.2) is 30.9 Å². The Hall–Kier alpha value is -3.60. The summed E-state index contributed by atoms with van der Waals surface area (Å²) < 4.78 is 16.7. The highest BCUT2D eigenvalue weighted by molar-refractivity contribution is 6.05. The van der Waals surface area contributed by atoms with Crippen LogP contribution in [-0.4, -0.2) is 86.5 Å². The number of anilines is 1. The number of piperazine rings is 1. The van der Waals surface area contributed by atoms with Crippen molar-refractivity contribution in [1.29, 1.82) is 0 Å². The molecule has 3 fully saturated rings. The lowest BCUT2D eigenvalue weighted by Gasteiger charge is -2.41. The maximum Gasteiger partial charge on any atom is 0.254 e. The minimum absolute atomic E-state index is 0.0666. The zero-order valence-electron chi connectivity index (χ0n) is 20.0. The summed E-state index contributed by atoms with van der Waals surface area (Å²) in [4.78, 5) is 40.3. The number of halogens is 1. The zero-order chi connectivity index (χ0) is 24.8. The molecule has 10 nitrogen and oxygen atoms in total. The molecule has 3 aliphatic heterocycles. The van der Waals surface area contributed by atoms with E-state index in [2.05, 4.69) is 20.0 Å².